The van der Waals surface area contributed by atoms with Gasteiger partial charge in [0.25, 0.3) is 0 Å². The topological polar surface area (TPSA) is 56.1 Å². The highest BCUT2D eigenvalue weighted by atomic mass is 16.5. The van der Waals surface area contributed by atoms with Gasteiger partial charge in [-0.1, -0.05) is 30.3 Å². The molecule has 134 valence electrons. The van der Waals surface area contributed by atoms with Crippen LogP contribution in [-0.2, 0) is 22.5 Å². The second-order valence-electron chi connectivity index (χ2n) is 6.63. The quantitative estimate of drug-likeness (QED) is 0.842. The zero-order chi connectivity index (χ0) is 17.5. The van der Waals surface area contributed by atoms with E-state index in [1.807, 2.05) is 24.4 Å². The second kappa shape index (κ2) is 8.81. The molecule has 0 saturated carbocycles. The number of hydrogen-bond donors (Lipinski definition) is 1. The van der Waals surface area contributed by atoms with E-state index in [2.05, 4.69) is 33.9 Å². The third-order valence-corrected chi connectivity index (χ3v) is 4.81. The lowest BCUT2D eigenvalue weighted by Crippen LogP contribution is -2.28. The van der Waals surface area contributed by atoms with Gasteiger partial charge in [-0.3, -0.25) is 4.79 Å². The number of nitrogens with zero attached hydrogens (tertiary/aromatic N) is 2. The van der Waals surface area contributed by atoms with Gasteiger partial charge in [0.2, 0.25) is 5.91 Å². The molecule has 25 heavy (non-hydrogen) atoms. The number of amides is 1. The van der Waals surface area contributed by atoms with Crippen LogP contribution in [0.15, 0.2) is 36.5 Å². The average molecular weight is 341 g/mol. The van der Waals surface area contributed by atoms with Crippen LogP contribution < -0.4 is 5.32 Å². The van der Waals surface area contributed by atoms with Crippen molar-refractivity contribution in [1.82, 2.24) is 14.9 Å². The van der Waals surface area contributed by atoms with Gasteiger partial charge in [-0.2, -0.15) is 0 Å². The number of hydrogen-bond acceptors (Lipinski definition) is 3. The summed E-state index contributed by atoms with van der Waals surface area (Å²) in [5.41, 5.74) is 2.35. The van der Waals surface area contributed by atoms with E-state index in [1.165, 1.54) is 5.56 Å². The van der Waals surface area contributed by atoms with Gasteiger partial charge in [0, 0.05) is 50.5 Å². The summed E-state index contributed by atoms with van der Waals surface area (Å²) in [6.07, 6.45) is 5.30. The smallest absolute Gasteiger partial charge is 0.220 e. The summed E-state index contributed by atoms with van der Waals surface area (Å²) in [5.74, 6) is 1.71. The molecule has 0 spiro atoms. The molecular weight excluding hydrogens is 314 g/mol. The molecule has 5 heteroatoms. The van der Waals surface area contributed by atoms with E-state index in [4.69, 9.17) is 4.74 Å². The normalized spacial score (nSPS) is 15.2. The lowest BCUT2D eigenvalue weighted by atomic mass is 9.99. The van der Waals surface area contributed by atoms with Crippen molar-refractivity contribution in [2.45, 2.75) is 45.1 Å². The molecule has 1 amide bonds. The molecule has 1 aliphatic heterocycles. The minimum atomic E-state index is 0.106. The monoisotopic (exact) mass is 341 g/mol. The molecule has 0 aliphatic carbocycles. The first kappa shape index (κ1) is 17.7. The molecule has 0 radical (unpaired) electrons. The summed E-state index contributed by atoms with van der Waals surface area (Å²) in [5, 5.41) is 3.04. The van der Waals surface area contributed by atoms with E-state index in [1.54, 1.807) is 0 Å². The highest BCUT2D eigenvalue weighted by Gasteiger charge is 2.21. The summed E-state index contributed by atoms with van der Waals surface area (Å²) in [6.45, 7) is 5.11. The Hall–Kier alpha value is -2.14. The Morgan fingerprint density at radius 2 is 2.04 bits per heavy atom. The van der Waals surface area contributed by atoms with E-state index < -0.39 is 0 Å². The number of aryl methyl sites for hydroxylation is 2. The molecule has 2 aromatic rings. The van der Waals surface area contributed by atoms with E-state index >= 15 is 0 Å². The zero-order valence-electron chi connectivity index (χ0n) is 14.9. The van der Waals surface area contributed by atoms with Gasteiger partial charge in [0.15, 0.2) is 0 Å². The molecular formula is C20H27N3O2. The Balaban J connectivity index is 1.47. The van der Waals surface area contributed by atoms with Gasteiger partial charge in [-0.25, -0.2) is 4.98 Å². The first-order valence-corrected chi connectivity index (χ1v) is 9.14. The third kappa shape index (κ3) is 4.92. The molecule has 0 bridgehead atoms. The highest BCUT2D eigenvalue weighted by molar-refractivity contribution is 5.76. The fourth-order valence-electron chi connectivity index (χ4n) is 3.35. The van der Waals surface area contributed by atoms with Gasteiger partial charge in [0.05, 0.1) is 0 Å². The van der Waals surface area contributed by atoms with Crippen molar-refractivity contribution < 1.29 is 9.53 Å². The number of imidazole rings is 1. The molecule has 1 aliphatic rings. The second-order valence-corrected chi connectivity index (χ2v) is 6.63. The minimum absolute atomic E-state index is 0.106. The summed E-state index contributed by atoms with van der Waals surface area (Å²) in [7, 11) is 0. The molecule has 0 atom stereocenters. The lowest BCUT2D eigenvalue weighted by Gasteiger charge is -2.23. The fraction of sp³-hybridized carbons (Fsp3) is 0.500. The molecule has 1 N–H and O–H groups in total. The van der Waals surface area contributed by atoms with Crippen molar-refractivity contribution >= 4 is 5.91 Å². The number of nitrogens with one attached hydrogen (secondary N) is 1. The number of ether oxygens (including phenoxy) is 1. The summed E-state index contributed by atoms with van der Waals surface area (Å²) < 4.78 is 7.69. The van der Waals surface area contributed by atoms with Crippen molar-refractivity contribution in [2.75, 3.05) is 19.8 Å². The molecule has 1 aromatic carbocycles. The number of benzene rings is 1. The van der Waals surface area contributed by atoms with Crippen LogP contribution in [0.3, 0.4) is 0 Å². The van der Waals surface area contributed by atoms with Gasteiger partial charge in [-0.05, 0) is 31.7 Å². The van der Waals surface area contributed by atoms with Crippen molar-refractivity contribution in [3.8, 4) is 0 Å². The maximum absolute atomic E-state index is 12.1. The summed E-state index contributed by atoms with van der Waals surface area (Å²) >= 11 is 0. The molecule has 1 fully saturated rings. The highest BCUT2D eigenvalue weighted by Crippen LogP contribution is 2.26. The molecule has 5 nitrogen and oxygen atoms in total. The van der Waals surface area contributed by atoms with E-state index in [-0.39, 0.29) is 5.91 Å². The fourth-order valence-corrected chi connectivity index (χ4v) is 3.35. The van der Waals surface area contributed by atoms with Crippen LogP contribution >= 0.6 is 0 Å². The molecule has 1 aromatic heterocycles. The van der Waals surface area contributed by atoms with Gasteiger partial charge in [0.1, 0.15) is 5.82 Å². The predicted molar refractivity (Wildman–Crippen MR) is 97.5 cm³/mol. The molecule has 3 rings (SSSR count). The maximum atomic E-state index is 12.1. The van der Waals surface area contributed by atoms with Gasteiger partial charge in [-0.15, -0.1) is 0 Å². The SMILES string of the molecule is Cc1cnc(C2CCOCC2)n1CCNC(=O)CCc1ccccc1. The number of aromatic nitrogens is 2. The van der Waals surface area contributed by atoms with Gasteiger partial charge < -0.3 is 14.6 Å². The Labute approximate surface area is 149 Å². The molecule has 2 heterocycles. The van der Waals surface area contributed by atoms with E-state index in [0.29, 0.717) is 18.9 Å². The van der Waals surface area contributed by atoms with Gasteiger partial charge >= 0.3 is 0 Å². The number of carbonyl (C=O) groups is 1. The first-order chi connectivity index (χ1) is 12.2. The standard InChI is InChI=1S/C20H27N3O2/c1-16-15-22-20(18-9-13-25-14-10-18)23(16)12-11-21-19(24)8-7-17-5-3-2-4-6-17/h2-6,15,18H,7-14H2,1H3,(H,21,24). The Bertz CT molecular complexity index is 676. The number of carbonyl (C=O) groups excluding carboxylic acids is 1. The molecule has 0 unspecified atom stereocenters. The van der Waals surface area contributed by atoms with Crippen molar-refractivity contribution in [2.24, 2.45) is 0 Å². The third-order valence-electron chi connectivity index (χ3n) is 4.81. The summed E-state index contributed by atoms with van der Waals surface area (Å²) in [4.78, 5) is 16.7. The van der Waals surface area contributed by atoms with Crippen molar-refractivity contribution in [3.63, 3.8) is 0 Å². The van der Waals surface area contributed by atoms with E-state index in [9.17, 15) is 4.79 Å². The maximum Gasteiger partial charge on any atom is 0.220 e. The summed E-state index contributed by atoms with van der Waals surface area (Å²) in [6, 6.07) is 10.1. The largest absolute Gasteiger partial charge is 0.381 e. The Morgan fingerprint density at radius 3 is 2.80 bits per heavy atom. The Kier molecular flexibility index (Phi) is 6.23. The zero-order valence-corrected chi connectivity index (χ0v) is 14.9. The van der Waals surface area contributed by atoms with Crippen LogP contribution in [0.5, 0.6) is 0 Å². The van der Waals surface area contributed by atoms with Crippen LogP contribution in [0.4, 0.5) is 0 Å². The van der Waals surface area contributed by atoms with Crippen LogP contribution in [0.1, 0.15) is 42.3 Å². The average Bonchev–Trinajstić information content (AvgIpc) is 3.02. The molecule has 1 saturated heterocycles. The first-order valence-electron chi connectivity index (χ1n) is 9.14. The van der Waals surface area contributed by atoms with E-state index in [0.717, 1.165) is 50.5 Å². The van der Waals surface area contributed by atoms with Crippen LogP contribution in [-0.4, -0.2) is 35.2 Å². The van der Waals surface area contributed by atoms with Crippen LogP contribution in [0.25, 0.3) is 0 Å². The van der Waals surface area contributed by atoms with Crippen LogP contribution in [0.2, 0.25) is 0 Å². The Morgan fingerprint density at radius 1 is 1.28 bits per heavy atom. The lowest BCUT2D eigenvalue weighted by molar-refractivity contribution is -0.121. The predicted octanol–water partition coefficient (Wildman–Crippen LogP) is 2.83. The van der Waals surface area contributed by atoms with Crippen molar-refractivity contribution in [1.29, 1.82) is 0 Å². The number of rotatable bonds is 7. The minimum Gasteiger partial charge on any atom is -0.381 e. The van der Waals surface area contributed by atoms with Crippen molar-refractivity contribution in [3.05, 3.63) is 53.6 Å². The van der Waals surface area contributed by atoms with Crippen LogP contribution in [0, 0.1) is 6.92 Å².